The molecule has 0 saturated carbocycles. The second-order valence-corrected chi connectivity index (χ2v) is 6.19. The number of rotatable bonds is 8. The van der Waals surface area contributed by atoms with Crippen LogP contribution in [0.2, 0.25) is 0 Å². The lowest BCUT2D eigenvalue weighted by Gasteiger charge is -2.29. The van der Waals surface area contributed by atoms with Crippen LogP contribution in [-0.4, -0.2) is 43.2 Å². The van der Waals surface area contributed by atoms with E-state index in [2.05, 4.69) is 37.8 Å². The molecule has 1 heterocycles. The zero-order valence-corrected chi connectivity index (χ0v) is 13.1. The van der Waals surface area contributed by atoms with Crippen LogP contribution in [0.5, 0.6) is 0 Å². The van der Waals surface area contributed by atoms with E-state index in [1.807, 2.05) is 6.07 Å². The van der Waals surface area contributed by atoms with Crippen LogP contribution in [0.3, 0.4) is 0 Å². The number of aryl methyl sites for hydroxylation is 1. The second kappa shape index (κ2) is 6.87. The first-order valence-electron chi connectivity index (χ1n) is 7.58. The predicted octanol–water partition coefficient (Wildman–Crippen LogP) is 2.83. The standard InChI is InChI=1S/C17H26N3O/c1-4-17-19-15-13-14(8-9-16(15)21-17)7-5-11-20(2,3)12-6-10-18/h4,8-9,13H,1,5-7,10-12,18H2,2-3H3/q+1. The molecule has 2 rings (SSSR count). The van der Waals surface area contributed by atoms with Crippen LogP contribution in [0, 0.1) is 0 Å². The van der Waals surface area contributed by atoms with Gasteiger partial charge in [-0.25, -0.2) is 4.98 Å². The summed E-state index contributed by atoms with van der Waals surface area (Å²) in [4.78, 5) is 4.39. The van der Waals surface area contributed by atoms with Crippen LogP contribution in [-0.2, 0) is 6.42 Å². The summed E-state index contributed by atoms with van der Waals surface area (Å²) in [7, 11) is 4.54. The third-order valence-corrected chi connectivity index (χ3v) is 3.84. The lowest BCUT2D eigenvalue weighted by atomic mass is 10.1. The van der Waals surface area contributed by atoms with E-state index in [1.54, 1.807) is 6.08 Å². The van der Waals surface area contributed by atoms with E-state index >= 15 is 0 Å². The first kappa shape index (κ1) is 15.7. The molecule has 0 bridgehead atoms. The van der Waals surface area contributed by atoms with Crippen molar-refractivity contribution in [1.29, 1.82) is 0 Å². The van der Waals surface area contributed by atoms with Gasteiger partial charge in [-0.1, -0.05) is 12.6 Å². The van der Waals surface area contributed by atoms with E-state index in [0.717, 1.165) is 54.5 Å². The highest BCUT2D eigenvalue weighted by atomic mass is 16.3. The normalized spacial score (nSPS) is 12.0. The Morgan fingerprint density at radius 2 is 2.05 bits per heavy atom. The summed E-state index contributed by atoms with van der Waals surface area (Å²) in [6.07, 6.45) is 4.95. The molecule has 0 atom stereocenters. The third-order valence-electron chi connectivity index (χ3n) is 3.84. The van der Waals surface area contributed by atoms with Crippen molar-refractivity contribution in [2.45, 2.75) is 19.3 Å². The van der Waals surface area contributed by atoms with Gasteiger partial charge in [-0.2, -0.15) is 0 Å². The number of nitrogens with two attached hydrogens (primary N) is 1. The molecule has 2 N–H and O–H groups in total. The van der Waals surface area contributed by atoms with Crippen molar-refractivity contribution in [3.05, 3.63) is 36.2 Å². The second-order valence-electron chi connectivity index (χ2n) is 6.19. The minimum atomic E-state index is 0.585. The Balaban J connectivity index is 1.92. The van der Waals surface area contributed by atoms with E-state index in [9.17, 15) is 0 Å². The summed E-state index contributed by atoms with van der Waals surface area (Å²) < 4.78 is 6.56. The van der Waals surface area contributed by atoms with Crippen molar-refractivity contribution >= 4 is 17.2 Å². The highest BCUT2D eigenvalue weighted by molar-refractivity contribution is 5.74. The van der Waals surface area contributed by atoms with Gasteiger partial charge in [0, 0.05) is 12.8 Å². The molecular formula is C17H26N3O+. The van der Waals surface area contributed by atoms with E-state index in [4.69, 9.17) is 10.2 Å². The van der Waals surface area contributed by atoms with Crippen LogP contribution in [0.4, 0.5) is 0 Å². The topological polar surface area (TPSA) is 52.0 Å². The van der Waals surface area contributed by atoms with Gasteiger partial charge >= 0.3 is 0 Å². The Morgan fingerprint density at radius 3 is 2.76 bits per heavy atom. The molecule has 0 amide bonds. The number of benzene rings is 1. The molecule has 0 spiro atoms. The summed E-state index contributed by atoms with van der Waals surface area (Å²) in [5.74, 6) is 0.585. The highest BCUT2D eigenvalue weighted by Gasteiger charge is 2.13. The van der Waals surface area contributed by atoms with E-state index < -0.39 is 0 Å². The van der Waals surface area contributed by atoms with Gasteiger partial charge in [0.2, 0.25) is 5.89 Å². The summed E-state index contributed by atoms with van der Waals surface area (Å²) in [5.41, 5.74) is 8.64. The van der Waals surface area contributed by atoms with Crippen LogP contribution < -0.4 is 5.73 Å². The first-order chi connectivity index (χ1) is 10.0. The SMILES string of the molecule is C=Cc1nc2cc(CCC[N+](C)(C)CCCN)ccc2o1. The minimum absolute atomic E-state index is 0.585. The number of aromatic nitrogens is 1. The molecule has 0 aliphatic heterocycles. The number of hydrogen-bond acceptors (Lipinski definition) is 3. The van der Waals surface area contributed by atoms with Crippen molar-refractivity contribution in [2.24, 2.45) is 5.73 Å². The molecule has 4 nitrogen and oxygen atoms in total. The van der Waals surface area contributed by atoms with Crippen LogP contribution in [0.15, 0.2) is 29.2 Å². The molecule has 1 aromatic heterocycles. The van der Waals surface area contributed by atoms with Crippen molar-refractivity contribution in [3.63, 3.8) is 0 Å². The van der Waals surface area contributed by atoms with Gasteiger partial charge in [0.15, 0.2) is 5.58 Å². The number of hydrogen-bond donors (Lipinski definition) is 1. The van der Waals surface area contributed by atoms with Gasteiger partial charge in [-0.3, -0.25) is 0 Å². The largest absolute Gasteiger partial charge is 0.437 e. The molecule has 0 aliphatic rings. The number of oxazole rings is 1. The van der Waals surface area contributed by atoms with Gasteiger partial charge in [0.05, 0.1) is 27.2 Å². The molecule has 21 heavy (non-hydrogen) atoms. The molecule has 0 fully saturated rings. The van der Waals surface area contributed by atoms with Gasteiger partial charge in [0.25, 0.3) is 0 Å². The average Bonchev–Trinajstić information content (AvgIpc) is 2.87. The summed E-state index contributed by atoms with van der Waals surface area (Å²) in [6.45, 7) is 6.76. The Hall–Kier alpha value is -1.65. The Kier molecular flexibility index (Phi) is 5.15. The quantitative estimate of drug-likeness (QED) is 0.760. The summed E-state index contributed by atoms with van der Waals surface area (Å²) in [6, 6.07) is 6.24. The van der Waals surface area contributed by atoms with Gasteiger partial charge in [-0.05, 0) is 36.7 Å². The van der Waals surface area contributed by atoms with E-state index in [-0.39, 0.29) is 0 Å². The van der Waals surface area contributed by atoms with Crippen molar-refractivity contribution in [1.82, 2.24) is 4.98 Å². The summed E-state index contributed by atoms with van der Waals surface area (Å²) in [5, 5.41) is 0. The minimum Gasteiger partial charge on any atom is -0.437 e. The smallest absolute Gasteiger partial charge is 0.219 e. The highest BCUT2D eigenvalue weighted by Crippen LogP contribution is 2.19. The van der Waals surface area contributed by atoms with Gasteiger partial charge in [-0.15, -0.1) is 0 Å². The predicted molar refractivity (Wildman–Crippen MR) is 87.9 cm³/mol. The number of fused-ring (bicyclic) bond motifs is 1. The molecule has 0 aliphatic carbocycles. The molecule has 0 saturated heterocycles. The monoisotopic (exact) mass is 288 g/mol. The lowest BCUT2D eigenvalue weighted by molar-refractivity contribution is -0.890. The molecular weight excluding hydrogens is 262 g/mol. The fourth-order valence-corrected chi connectivity index (χ4v) is 2.58. The van der Waals surface area contributed by atoms with Crippen LogP contribution >= 0.6 is 0 Å². The number of quaternary nitrogens is 1. The fourth-order valence-electron chi connectivity index (χ4n) is 2.58. The van der Waals surface area contributed by atoms with E-state index in [1.165, 1.54) is 5.56 Å². The maximum absolute atomic E-state index is 5.59. The zero-order chi connectivity index (χ0) is 15.3. The average molecular weight is 288 g/mol. The van der Waals surface area contributed by atoms with Crippen LogP contribution in [0.1, 0.15) is 24.3 Å². The molecule has 0 radical (unpaired) electrons. The number of nitrogens with zero attached hydrogens (tertiary/aromatic N) is 2. The van der Waals surface area contributed by atoms with Gasteiger partial charge in [0.1, 0.15) is 5.52 Å². The van der Waals surface area contributed by atoms with Crippen molar-refractivity contribution in [2.75, 3.05) is 33.7 Å². The van der Waals surface area contributed by atoms with Crippen LogP contribution in [0.25, 0.3) is 17.2 Å². The Bertz CT molecular complexity index is 601. The maximum Gasteiger partial charge on any atom is 0.219 e. The summed E-state index contributed by atoms with van der Waals surface area (Å²) >= 11 is 0. The lowest BCUT2D eigenvalue weighted by Crippen LogP contribution is -2.42. The first-order valence-corrected chi connectivity index (χ1v) is 7.58. The van der Waals surface area contributed by atoms with Crippen molar-refractivity contribution in [3.8, 4) is 0 Å². The molecule has 0 unspecified atom stereocenters. The Morgan fingerprint density at radius 1 is 1.29 bits per heavy atom. The molecule has 2 aromatic rings. The third kappa shape index (κ3) is 4.41. The van der Waals surface area contributed by atoms with E-state index in [0.29, 0.717) is 5.89 Å². The molecule has 1 aromatic carbocycles. The molecule has 114 valence electrons. The maximum atomic E-state index is 5.59. The van der Waals surface area contributed by atoms with Crippen molar-refractivity contribution < 1.29 is 8.90 Å². The fraction of sp³-hybridized carbons (Fsp3) is 0.471. The Labute approximate surface area is 126 Å². The molecule has 4 heteroatoms. The zero-order valence-electron chi connectivity index (χ0n) is 13.1. The van der Waals surface area contributed by atoms with Gasteiger partial charge < -0.3 is 14.6 Å².